The Kier molecular flexibility index (Phi) is 12.9. The number of aliphatic hydroxyl groups excluding tert-OH is 1. The van der Waals surface area contributed by atoms with E-state index in [0.29, 0.717) is 0 Å². The summed E-state index contributed by atoms with van der Waals surface area (Å²) >= 11 is 0. The monoisotopic (exact) mass is 215 g/mol. The van der Waals surface area contributed by atoms with Gasteiger partial charge in [0, 0.05) is 13.7 Å². The molecule has 0 aromatic heterocycles. The third-order valence-electron chi connectivity index (χ3n) is 1.21. The lowest BCUT2D eigenvalue weighted by Gasteiger charge is -1.84. The minimum absolute atomic E-state index is 0.197. The third kappa shape index (κ3) is 12.3. The van der Waals surface area contributed by atoms with Crippen molar-refractivity contribution in [3.8, 4) is 0 Å². The fourth-order valence-electron chi connectivity index (χ4n) is 0.519. The van der Waals surface area contributed by atoms with E-state index in [1.165, 1.54) is 7.05 Å². The lowest BCUT2D eigenvalue weighted by Crippen LogP contribution is -2.02. The molecule has 0 aromatic carbocycles. The fourth-order valence-corrected chi connectivity index (χ4v) is 0.519. The number of aliphatic hydroxyl groups is 1. The van der Waals surface area contributed by atoms with E-state index < -0.39 is 4.92 Å². The number of hydrogen-bond donors (Lipinski definition) is 2. The van der Waals surface area contributed by atoms with Crippen LogP contribution in [0.3, 0.4) is 0 Å². The van der Waals surface area contributed by atoms with Gasteiger partial charge in [0.2, 0.25) is 0 Å². The molecule has 0 fully saturated rings. The molecule has 0 aliphatic carbocycles. The van der Waals surface area contributed by atoms with Crippen molar-refractivity contribution in [3.63, 3.8) is 0 Å². The maximum absolute atomic E-state index is 9.89. The van der Waals surface area contributed by atoms with Crippen molar-refractivity contribution >= 4 is 6.21 Å². The van der Waals surface area contributed by atoms with Gasteiger partial charge in [-0.15, -0.1) is 6.58 Å². The molecule has 6 nitrogen and oxygen atoms in total. The third-order valence-corrected chi connectivity index (χ3v) is 1.21. The van der Waals surface area contributed by atoms with Gasteiger partial charge in [-0.1, -0.05) is 6.08 Å². The number of nitrogens with two attached hydrogens (primary N) is 1. The average Bonchev–Trinajstić information content (AvgIpc) is 2.23. The van der Waals surface area contributed by atoms with Crippen LogP contribution in [0.4, 0.5) is 0 Å². The van der Waals surface area contributed by atoms with E-state index in [1.54, 1.807) is 6.08 Å². The normalized spacial score (nSPS) is 10.7. The van der Waals surface area contributed by atoms with E-state index in [1.807, 2.05) is 0 Å². The van der Waals surface area contributed by atoms with Crippen LogP contribution in [0.15, 0.2) is 29.5 Å². The Bertz CT molecular complexity index is 237. The summed E-state index contributed by atoms with van der Waals surface area (Å²) < 4.78 is 0. The van der Waals surface area contributed by atoms with Gasteiger partial charge in [0.15, 0.2) is 0 Å². The Morgan fingerprint density at radius 1 is 1.73 bits per heavy atom. The molecule has 0 spiro atoms. The summed E-state index contributed by atoms with van der Waals surface area (Å²) in [4.78, 5) is 12.7. The van der Waals surface area contributed by atoms with Crippen molar-refractivity contribution in [2.45, 2.75) is 12.8 Å². The molecule has 0 saturated carbocycles. The van der Waals surface area contributed by atoms with Crippen molar-refractivity contribution in [2.24, 2.45) is 10.7 Å². The minimum atomic E-state index is -0.604. The highest BCUT2D eigenvalue weighted by Gasteiger charge is 2.02. The molecule has 0 radical (unpaired) electrons. The summed E-state index contributed by atoms with van der Waals surface area (Å²) in [6.45, 7) is 3.77. The van der Waals surface area contributed by atoms with Crippen molar-refractivity contribution < 1.29 is 10.0 Å². The van der Waals surface area contributed by atoms with Crippen LogP contribution in [-0.2, 0) is 0 Å². The Hall–Kier alpha value is -1.69. The van der Waals surface area contributed by atoms with Gasteiger partial charge in [0.25, 0.3) is 0 Å². The summed E-state index contributed by atoms with van der Waals surface area (Å²) in [6.07, 6.45) is 5.56. The number of aliphatic imine (C=N–C) groups is 1. The molecule has 0 aliphatic rings. The average molecular weight is 215 g/mol. The molecule has 0 saturated heterocycles. The zero-order chi connectivity index (χ0) is 12.1. The van der Waals surface area contributed by atoms with Crippen molar-refractivity contribution in [3.05, 3.63) is 34.7 Å². The molecule has 86 valence electrons. The van der Waals surface area contributed by atoms with Gasteiger partial charge < -0.3 is 10.8 Å². The molecule has 15 heavy (non-hydrogen) atoms. The second kappa shape index (κ2) is 12.3. The van der Waals surface area contributed by atoms with Gasteiger partial charge in [0.1, 0.15) is 6.21 Å². The van der Waals surface area contributed by atoms with Crippen molar-refractivity contribution in [2.75, 3.05) is 13.7 Å². The van der Waals surface area contributed by atoms with Crippen LogP contribution in [0, 0.1) is 10.1 Å². The predicted molar refractivity (Wildman–Crippen MR) is 60.2 cm³/mol. The van der Waals surface area contributed by atoms with Crippen molar-refractivity contribution in [1.29, 1.82) is 0 Å². The van der Waals surface area contributed by atoms with E-state index >= 15 is 0 Å². The Morgan fingerprint density at radius 3 is 2.47 bits per heavy atom. The molecule has 3 N–H and O–H groups in total. The van der Waals surface area contributed by atoms with Gasteiger partial charge >= 0.3 is 5.70 Å². The second-order valence-corrected chi connectivity index (χ2v) is 2.39. The summed E-state index contributed by atoms with van der Waals surface area (Å²) in [6, 6.07) is 0. The number of allylic oxidation sites excluding steroid dienone is 2. The van der Waals surface area contributed by atoms with Gasteiger partial charge in [-0.2, -0.15) is 0 Å². The van der Waals surface area contributed by atoms with Crippen LogP contribution >= 0.6 is 0 Å². The first kappa shape index (κ1) is 15.8. The molecule has 0 heterocycles. The van der Waals surface area contributed by atoms with Crippen LogP contribution in [0.5, 0.6) is 0 Å². The van der Waals surface area contributed by atoms with Gasteiger partial charge in [-0.25, -0.2) is 0 Å². The SMILES string of the molecule is C=CCCCO.CN=C/C(=C\N)[N+](=O)[O-]. The first-order valence-electron chi connectivity index (χ1n) is 4.34. The van der Waals surface area contributed by atoms with Crippen LogP contribution in [0.1, 0.15) is 12.8 Å². The minimum Gasteiger partial charge on any atom is -0.399 e. The number of unbranched alkanes of at least 4 members (excludes halogenated alkanes) is 1. The molecule has 0 amide bonds. The highest BCUT2D eigenvalue weighted by molar-refractivity contribution is 5.74. The second-order valence-electron chi connectivity index (χ2n) is 2.39. The maximum Gasteiger partial charge on any atom is 0.302 e. The zero-order valence-corrected chi connectivity index (χ0v) is 8.80. The molecule has 0 unspecified atom stereocenters. The highest BCUT2D eigenvalue weighted by Crippen LogP contribution is 1.85. The van der Waals surface area contributed by atoms with Crippen LogP contribution in [-0.4, -0.2) is 29.9 Å². The van der Waals surface area contributed by atoms with Crippen LogP contribution < -0.4 is 5.73 Å². The lowest BCUT2D eigenvalue weighted by atomic mass is 10.3. The zero-order valence-electron chi connectivity index (χ0n) is 8.80. The Labute approximate surface area is 89.0 Å². The summed E-state index contributed by atoms with van der Waals surface area (Å²) in [7, 11) is 1.44. The Balaban J connectivity index is 0. The van der Waals surface area contributed by atoms with E-state index in [2.05, 4.69) is 11.6 Å². The summed E-state index contributed by atoms with van der Waals surface area (Å²) in [5.41, 5.74) is 4.67. The lowest BCUT2D eigenvalue weighted by molar-refractivity contribution is -0.414. The summed E-state index contributed by atoms with van der Waals surface area (Å²) in [5, 5.41) is 18.0. The molecular weight excluding hydrogens is 198 g/mol. The smallest absolute Gasteiger partial charge is 0.302 e. The molecule has 6 heteroatoms. The fraction of sp³-hybridized carbons (Fsp3) is 0.444. The first-order valence-corrected chi connectivity index (χ1v) is 4.34. The summed E-state index contributed by atoms with van der Waals surface area (Å²) in [5.74, 6) is 0. The highest BCUT2D eigenvalue weighted by atomic mass is 16.6. The topological polar surface area (TPSA) is 102 Å². The maximum atomic E-state index is 9.89. The van der Waals surface area contributed by atoms with Gasteiger partial charge in [-0.05, 0) is 12.8 Å². The number of hydrogen-bond acceptors (Lipinski definition) is 5. The van der Waals surface area contributed by atoms with Crippen LogP contribution in [0.25, 0.3) is 0 Å². The number of nitrogens with zero attached hydrogens (tertiary/aromatic N) is 2. The molecular formula is C9H17N3O3. The molecule has 0 aromatic rings. The van der Waals surface area contributed by atoms with Gasteiger partial charge in [0.05, 0.1) is 11.1 Å². The quantitative estimate of drug-likeness (QED) is 0.232. The number of nitro groups is 1. The predicted octanol–water partition coefficient (Wildman–Crippen LogP) is 0.709. The number of rotatable bonds is 5. The molecule has 0 atom stereocenters. The largest absolute Gasteiger partial charge is 0.399 e. The van der Waals surface area contributed by atoms with E-state index in [0.717, 1.165) is 25.3 Å². The molecule has 0 aliphatic heterocycles. The molecule has 0 rings (SSSR count). The Morgan fingerprint density at radius 2 is 2.33 bits per heavy atom. The van der Waals surface area contributed by atoms with Crippen molar-refractivity contribution in [1.82, 2.24) is 0 Å². The van der Waals surface area contributed by atoms with E-state index in [9.17, 15) is 10.1 Å². The van der Waals surface area contributed by atoms with E-state index in [4.69, 9.17) is 10.8 Å². The standard InChI is InChI=1S/C5H10O.C4H7N3O2/c1-2-3-4-5-6;1-6-3-4(2-5)7(8)9/h2,6H,1,3-5H2;2-3H,5H2,1H3/b;4-2+,6-3?. The molecule has 0 bridgehead atoms. The van der Waals surface area contributed by atoms with Gasteiger partial charge in [-0.3, -0.25) is 15.1 Å². The first-order chi connectivity index (χ1) is 7.13. The van der Waals surface area contributed by atoms with E-state index in [-0.39, 0.29) is 12.3 Å². The van der Waals surface area contributed by atoms with Crippen LogP contribution in [0.2, 0.25) is 0 Å².